The second-order valence-corrected chi connectivity index (χ2v) is 7.69. The Balaban J connectivity index is 0.000000165. The zero-order valence-corrected chi connectivity index (χ0v) is 18.4. The van der Waals surface area contributed by atoms with Crippen molar-refractivity contribution in [3.05, 3.63) is 53.9 Å². The van der Waals surface area contributed by atoms with E-state index < -0.39 is 0 Å². The van der Waals surface area contributed by atoms with Gasteiger partial charge in [-0.3, -0.25) is 9.48 Å². The summed E-state index contributed by atoms with van der Waals surface area (Å²) >= 11 is 0. The van der Waals surface area contributed by atoms with Crippen molar-refractivity contribution in [2.75, 3.05) is 25.5 Å². The Kier molecular flexibility index (Phi) is 6.36. The molecule has 2 N–H and O–H groups in total. The molecule has 168 valence electrons. The summed E-state index contributed by atoms with van der Waals surface area (Å²) in [6, 6.07) is 5.08. The van der Waals surface area contributed by atoms with E-state index in [2.05, 4.69) is 20.7 Å². The minimum absolute atomic E-state index is 0.204. The van der Waals surface area contributed by atoms with E-state index >= 15 is 0 Å². The fourth-order valence-electron chi connectivity index (χ4n) is 3.73. The molecule has 1 fully saturated rings. The quantitative estimate of drug-likeness (QED) is 0.465. The molecule has 1 aromatic carbocycles. The Hall–Kier alpha value is -3.46. The maximum absolute atomic E-state index is 13.3. The smallest absolute Gasteiger partial charge is 0.173 e. The minimum atomic E-state index is -0.306. The highest BCUT2D eigenvalue weighted by Gasteiger charge is 2.18. The van der Waals surface area contributed by atoms with Crippen LogP contribution in [0.15, 0.2) is 36.8 Å². The summed E-state index contributed by atoms with van der Waals surface area (Å²) in [5.41, 5.74) is 3.26. The van der Waals surface area contributed by atoms with Crippen molar-refractivity contribution in [2.45, 2.75) is 32.9 Å². The van der Waals surface area contributed by atoms with Crippen molar-refractivity contribution in [1.82, 2.24) is 24.5 Å². The lowest BCUT2D eigenvalue weighted by Gasteiger charge is -2.13. The first-order chi connectivity index (χ1) is 15.5. The molecular formula is C23H27FN6O2. The van der Waals surface area contributed by atoms with Gasteiger partial charge in [-0.2, -0.15) is 5.10 Å². The molecule has 0 saturated carbocycles. The summed E-state index contributed by atoms with van der Waals surface area (Å²) in [5.74, 6) is 0.508. The highest BCUT2D eigenvalue weighted by Crippen LogP contribution is 2.28. The molecule has 1 unspecified atom stereocenters. The second-order valence-electron chi connectivity index (χ2n) is 7.69. The van der Waals surface area contributed by atoms with Crippen LogP contribution >= 0.6 is 0 Å². The molecule has 3 aromatic heterocycles. The van der Waals surface area contributed by atoms with E-state index in [1.807, 2.05) is 30.8 Å². The van der Waals surface area contributed by atoms with Crippen molar-refractivity contribution in [3.63, 3.8) is 0 Å². The first-order valence-electron chi connectivity index (χ1n) is 10.7. The number of benzene rings is 1. The van der Waals surface area contributed by atoms with E-state index in [1.165, 1.54) is 6.07 Å². The third-order valence-corrected chi connectivity index (χ3v) is 5.39. The number of carbonyl (C=O) groups excluding carboxylic acids is 1. The number of hydrogen-bond donors (Lipinski definition) is 2. The van der Waals surface area contributed by atoms with Crippen molar-refractivity contribution >= 4 is 28.5 Å². The fourth-order valence-corrected chi connectivity index (χ4v) is 3.73. The van der Waals surface area contributed by atoms with Gasteiger partial charge in [-0.15, -0.1) is 0 Å². The standard InChI is InChI=1S/C14H17N3O2.C9H10FN3/c1-2-17-8-12-13(19-11-5-6-15-7-11)4-3-10(9-18)14(12)16-17;1-6-4-13-5-7(11-2)3-8(10)9(13)12-6/h3-4,8-9,11,15H,2,5-7H2,1H3;3-5,11H,1-2H3. The minimum Gasteiger partial charge on any atom is -0.488 e. The average molecular weight is 439 g/mol. The number of imidazole rings is 1. The predicted octanol–water partition coefficient (Wildman–Crippen LogP) is 3.43. The van der Waals surface area contributed by atoms with Crippen LogP contribution in [0.1, 0.15) is 29.4 Å². The molecule has 1 aliphatic heterocycles. The van der Waals surface area contributed by atoms with Crippen LogP contribution < -0.4 is 15.4 Å². The van der Waals surface area contributed by atoms with E-state index in [-0.39, 0.29) is 11.9 Å². The van der Waals surface area contributed by atoms with E-state index in [0.717, 1.165) is 60.4 Å². The maximum atomic E-state index is 13.3. The average Bonchev–Trinajstić information content (AvgIpc) is 3.53. The molecule has 0 bridgehead atoms. The molecule has 9 heteroatoms. The van der Waals surface area contributed by atoms with E-state index in [4.69, 9.17) is 4.74 Å². The summed E-state index contributed by atoms with van der Waals surface area (Å²) in [5, 5.41) is 11.5. The monoisotopic (exact) mass is 438 g/mol. The first-order valence-corrected chi connectivity index (χ1v) is 10.7. The van der Waals surface area contributed by atoms with Gasteiger partial charge in [0.1, 0.15) is 17.4 Å². The zero-order chi connectivity index (χ0) is 22.7. The number of ether oxygens (including phenoxy) is 1. The van der Waals surface area contributed by atoms with E-state index in [0.29, 0.717) is 11.2 Å². The van der Waals surface area contributed by atoms with Gasteiger partial charge in [0.05, 0.1) is 16.8 Å². The van der Waals surface area contributed by atoms with Crippen LogP contribution in [-0.4, -0.2) is 51.7 Å². The molecule has 4 aromatic rings. The Bertz CT molecular complexity index is 1240. The molecule has 32 heavy (non-hydrogen) atoms. The summed E-state index contributed by atoms with van der Waals surface area (Å²) in [6.45, 7) is 6.50. The van der Waals surface area contributed by atoms with Crippen LogP contribution in [0, 0.1) is 12.7 Å². The zero-order valence-electron chi connectivity index (χ0n) is 18.4. The van der Waals surface area contributed by atoms with Crippen molar-refractivity contribution in [3.8, 4) is 5.75 Å². The molecular weight excluding hydrogens is 411 g/mol. The van der Waals surface area contributed by atoms with Crippen LogP contribution in [0.4, 0.5) is 10.1 Å². The molecule has 1 atom stereocenters. The number of aldehydes is 1. The lowest BCUT2D eigenvalue weighted by molar-refractivity contribution is 0.112. The number of rotatable bonds is 5. The van der Waals surface area contributed by atoms with Crippen molar-refractivity contribution in [2.24, 2.45) is 0 Å². The number of nitrogens with zero attached hydrogens (tertiary/aromatic N) is 4. The van der Waals surface area contributed by atoms with Gasteiger partial charge in [-0.1, -0.05) is 0 Å². The lowest BCUT2D eigenvalue weighted by atomic mass is 10.1. The third kappa shape index (κ3) is 4.43. The largest absolute Gasteiger partial charge is 0.488 e. The molecule has 1 saturated heterocycles. The Labute approximate surface area is 185 Å². The molecule has 0 spiro atoms. The Morgan fingerprint density at radius 2 is 2.19 bits per heavy atom. The molecule has 5 rings (SSSR count). The Morgan fingerprint density at radius 1 is 1.34 bits per heavy atom. The van der Waals surface area contributed by atoms with Gasteiger partial charge in [0.25, 0.3) is 0 Å². The molecule has 0 aliphatic carbocycles. The lowest BCUT2D eigenvalue weighted by Crippen LogP contribution is -2.19. The summed E-state index contributed by atoms with van der Waals surface area (Å²) in [4.78, 5) is 15.1. The van der Waals surface area contributed by atoms with Crippen molar-refractivity contribution in [1.29, 1.82) is 0 Å². The Morgan fingerprint density at radius 3 is 2.88 bits per heavy atom. The normalized spacial score (nSPS) is 15.6. The number of aromatic nitrogens is 4. The number of hydrogen-bond acceptors (Lipinski definition) is 6. The number of fused-ring (bicyclic) bond motifs is 2. The fraction of sp³-hybridized carbons (Fsp3) is 0.348. The maximum Gasteiger partial charge on any atom is 0.173 e. The van der Waals surface area contributed by atoms with E-state index in [1.54, 1.807) is 29.9 Å². The molecule has 0 radical (unpaired) electrons. The van der Waals surface area contributed by atoms with Gasteiger partial charge >= 0.3 is 0 Å². The third-order valence-electron chi connectivity index (χ3n) is 5.39. The molecule has 1 aliphatic rings. The predicted molar refractivity (Wildman–Crippen MR) is 122 cm³/mol. The van der Waals surface area contributed by atoms with Gasteiger partial charge in [-0.05, 0) is 38.9 Å². The number of anilines is 1. The van der Waals surface area contributed by atoms with Crippen LogP contribution in [0.3, 0.4) is 0 Å². The van der Waals surface area contributed by atoms with Gasteiger partial charge in [0, 0.05) is 50.4 Å². The van der Waals surface area contributed by atoms with E-state index in [9.17, 15) is 9.18 Å². The molecule has 8 nitrogen and oxygen atoms in total. The van der Waals surface area contributed by atoms with Gasteiger partial charge in [-0.25, -0.2) is 9.37 Å². The van der Waals surface area contributed by atoms with Crippen LogP contribution in [0.2, 0.25) is 0 Å². The second kappa shape index (κ2) is 9.35. The number of nitrogens with one attached hydrogen (secondary N) is 2. The number of halogens is 1. The number of carbonyl (C=O) groups is 1. The molecule has 4 heterocycles. The number of aryl methyl sites for hydroxylation is 2. The van der Waals surface area contributed by atoms with Crippen molar-refractivity contribution < 1.29 is 13.9 Å². The highest BCUT2D eigenvalue weighted by atomic mass is 19.1. The summed E-state index contributed by atoms with van der Waals surface area (Å²) < 4.78 is 22.8. The van der Waals surface area contributed by atoms with Gasteiger partial charge in [0.2, 0.25) is 0 Å². The SMILES string of the molecule is CCn1cc2c(OC3CCNC3)ccc(C=O)c2n1.CNc1cc(F)c2nc(C)cn2c1. The van der Waals surface area contributed by atoms with Gasteiger partial charge < -0.3 is 19.8 Å². The highest BCUT2D eigenvalue weighted by molar-refractivity contribution is 5.98. The van der Waals surface area contributed by atoms with Crippen LogP contribution in [0.25, 0.3) is 16.6 Å². The van der Waals surface area contributed by atoms with Crippen LogP contribution in [-0.2, 0) is 6.54 Å². The van der Waals surface area contributed by atoms with Crippen LogP contribution in [0.5, 0.6) is 5.75 Å². The summed E-state index contributed by atoms with van der Waals surface area (Å²) in [7, 11) is 1.75. The van der Waals surface area contributed by atoms with Gasteiger partial charge in [0.15, 0.2) is 17.8 Å². The topological polar surface area (TPSA) is 85.5 Å². The number of pyridine rings is 1. The first kappa shape index (κ1) is 21.8. The summed E-state index contributed by atoms with van der Waals surface area (Å²) in [6.07, 6.45) is 7.60. The molecule has 0 amide bonds.